The van der Waals surface area contributed by atoms with Gasteiger partial charge in [0.2, 0.25) is 0 Å². The first-order valence-corrected chi connectivity index (χ1v) is 8.85. The van der Waals surface area contributed by atoms with E-state index in [1.807, 2.05) is 0 Å². The van der Waals surface area contributed by atoms with Gasteiger partial charge in [0, 0.05) is 12.3 Å². The SMILES string of the molecule is C[C@@]12C[C@@]3(O)O[C@H](O1)[C@@]1(CO)[C@@H]3C[C@@]12O[C@@H]1O[C@H](CO)[C@@H](O)[C@H](O)[C@H]1O. The maximum absolute atomic E-state index is 10.8. The molecule has 0 aromatic heterocycles. The normalized spacial score (nSPS) is 65.4. The molecule has 0 aromatic rings. The average Bonchev–Trinajstić information content (AvgIpc) is 2.77. The Bertz CT molecular complexity index is 630. The van der Waals surface area contributed by atoms with E-state index in [0.29, 0.717) is 6.42 Å². The Kier molecular flexibility index (Phi) is 3.37. The van der Waals surface area contributed by atoms with Crippen LogP contribution in [-0.4, -0.2) is 97.8 Å². The molecule has 7 fully saturated rings. The monoisotopic (exact) mass is 376 g/mol. The summed E-state index contributed by atoms with van der Waals surface area (Å²) < 4.78 is 23.2. The summed E-state index contributed by atoms with van der Waals surface area (Å²) in [5.74, 6) is -1.77. The number of aliphatic hydroxyl groups excluding tert-OH is 5. The first-order valence-electron chi connectivity index (χ1n) is 8.85. The highest BCUT2D eigenvalue weighted by Crippen LogP contribution is 2.81. The molecule has 0 radical (unpaired) electrons. The van der Waals surface area contributed by atoms with Crippen LogP contribution in [0.3, 0.4) is 0 Å². The van der Waals surface area contributed by atoms with Crippen LogP contribution in [0.4, 0.5) is 0 Å². The van der Waals surface area contributed by atoms with E-state index in [0.717, 1.165) is 0 Å². The van der Waals surface area contributed by atoms with Gasteiger partial charge in [-0.2, -0.15) is 0 Å². The van der Waals surface area contributed by atoms with Gasteiger partial charge < -0.3 is 49.6 Å². The van der Waals surface area contributed by atoms with E-state index in [1.54, 1.807) is 6.92 Å². The highest BCUT2D eigenvalue weighted by atomic mass is 16.8. The molecular formula is C16H24O10. The van der Waals surface area contributed by atoms with Crippen LogP contribution < -0.4 is 0 Å². The van der Waals surface area contributed by atoms with Crippen LogP contribution in [0.1, 0.15) is 19.8 Å². The van der Waals surface area contributed by atoms with Gasteiger partial charge in [-0.1, -0.05) is 0 Å². The zero-order valence-electron chi connectivity index (χ0n) is 14.2. The molecule has 148 valence electrons. The molecule has 4 aliphatic heterocycles. The molecule has 0 aromatic carbocycles. The minimum absolute atomic E-state index is 0.139. The lowest BCUT2D eigenvalue weighted by Crippen LogP contribution is -2.80. The first-order chi connectivity index (χ1) is 12.2. The van der Waals surface area contributed by atoms with Gasteiger partial charge in [-0.05, 0) is 13.3 Å². The smallest absolute Gasteiger partial charge is 0.187 e. The molecule has 3 aliphatic carbocycles. The molecule has 10 nitrogen and oxygen atoms in total. The second-order valence-electron chi connectivity index (χ2n) is 8.42. The van der Waals surface area contributed by atoms with Gasteiger partial charge >= 0.3 is 0 Å². The van der Waals surface area contributed by atoms with E-state index < -0.39 is 66.0 Å². The topological polar surface area (TPSA) is 158 Å². The summed E-state index contributed by atoms with van der Waals surface area (Å²) in [6.45, 7) is 0.840. The fraction of sp³-hybridized carbons (Fsp3) is 1.00. The lowest BCUT2D eigenvalue weighted by atomic mass is 9.41. The Morgan fingerprint density at radius 3 is 2.46 bits per heavy atom. The fourth-order valence-corrected chi connectivity index (χ4v) is 6.06. The zero-order valence-corrected chi connectivity index (χ0v) is 14.2. The fourth-order valence-electron chi connectivity index (χ4n) is 6.06. The predicted molar refractivity (Wildman–Crippen MR) is 79.1 cm³/mol. The van der Waals surface area contributed by atoms with Crippen LogP contribution in [0.25, 0.3) is 0 Å². The Hall–Kier alpha value is -0.400. The third-order valence-corrected chi connectivity index (χ3v) is 7.38. The van der Waals surface area contributed by atoms with Crippen molar-refractivity contribution in [1.29, 1.82) is 0 Å². The van der Waals surface area contributed by atoms with Crippen molar-refractivity contribution in [2.45, 2.75) is 73.8 Å². The lowest BCUT2D eigenvalue weighted by Gasteiger charge is -2.67. The molecule has 7 rings (SSSR count). The van der Waals surface area contributed by atoms with Crippen LogP contribution >= 0.6 is 0 Å². The van der Waals surface area contributed by atoms with Gasteiger partial charge in [0.15, 0.2) is 18.4 Å². The number of hydrogen-bond acceptors (Lipinski definition) is 10. The van der Waals surface area contributed by atoms with Crippen molar-refractivity contribution in [3.63, 3.8) is 0 Å². The summed E-state index contributed by atoms with van der Waals surface area (Å²) in [6, 6.07) is 0. The van der Waals surface area contributed by atoms with Crippen molar-refractivity contribution < 1.29 is 49.6 Å². The molecule has 6 N–H and O–H groups in total. The molecule has 0 spiro atoms. The van der Waals surface area contributed by atoms with Gasteiger partial charge in [0.05, 0.1) is 18.6 Å². The second kappa shape index (κ2) is 4.95. The third-order valence-electron chi connectivity index (χ3n) is 7.38. The molecule has 4 saturated heterocycles. The molecule has 6 bridgehead atoms. The molecule has 10 heteroatoms. The Balaban J connectivity index is 1.50. The Labute approximate surface area is 148 Å². The summed E-state index contributed by atoms with van der Waals surface area (Å²) in [4.78, 5) is 0. The van der Waals surface area contributed by atoms with Gasteiger partial charge in [-0.15, -0.1) is 0 Å². The summed E-state index contributed by atoms with van der Waals surface area (Å²) in [5.41, 5.74) is -3.09. The van der Waals surface area contributed by atoms with Crippen LogP contribution in [0.15, 0.2) is 0 Å². The zero-order chi connectivity index (χ0) is 18.7. The van der Waals surface area contributed by atoms with Gasteiger partial charge in [0.1, 0.15) is 35.6 Å². The molecule has 0 amide bonds. The number of aliphatic hydroxyl groups is 6. The summed E-state index contributed by atoms with van der Waals surface area (Å²) in [6.07, 6.45) is -7.43. The minimum Gasteiger partial charge on any atom is -0.395 e. The predicted octanol–water partition coefficient (Wildman–Crippen LogP) is -3.22. The molecule has 26 heavy (non-hydrogen) atoms. The molecule has 0 unspecified atom stereocenters. The van der Waals surface area contributed by atoms with E-state index in [4.69, 9.17) is 18.9 Å². The highest BCUT2D eigenvalue weighted by molar-refractivity contribution is 5.37. The van der Waals surface area contributed by atoms with E-state index in [2.05, 4.69) is 0 Å². The molecule has 11 atom stereocenters. The van der Waals surface area contributed by atoms with Crippen molar-refractivity contribution in [2.75, 3.05) is 13.2 Å². The van der Waals surface area contributed by atoms with E-state index >= 15 is 0 Å². The van der Waals surface area contributed by atoms with Crippen molar-refractivity contribution in [3.8, 4) is 0 Å². The Morgan fingerprint density at radius 2 is 1.81 bits per heavy atom. The van der Waals surface area contributed by atoms with Crippen molar-refractivity contribution in [3.05, 3.63) is 0 Å². The summed E-state index contributed by atoms with van der Waals surface area (Å²) >= 11 is 0. The van der Waals surface area contributed by atoms with E-state index in [1.165, 1.54) is 0 Å². The van der Waals surface area contributed by atoms with Gasteiger partial charge in [-0.25, -0.2) is 0 Å². The minimum atomic E-state index is -1.56. The largest absolute Gasteiger partial charge is 0.395 e. The summed E-state index contributed by atoms with van der Waals surface area (Å²) in [5, 5.41) is 60.6. The van der Waals surface area contributed by atoms with Gasteiger partial charge in [0.25, 0.3) is 0 Å². The van der Waals surface area contributed by atoms with Crippen LogP contribution in [-0.2, 0) is 18.9 Å². The van der Waals surface area contributed by atoms with E-state index in [9.17, 15) is 30.6 Å². The standard InChI is InChI=1S/C16H24O10/c1-13-4-15(22)7-2-16(13,14(7,5-18)12(25-13)26-15)24-11-10(21)9(20)8(19)6(3-17)23-11/h6-12,17-22H,2-5H2,1H3/t6-,7+,8-,9+,10-,11+,12+,13+,14-,15-,16+/m1/s1. The average molecular weight is 376 g/mol. The van der Waals surface area contributed by atoms with Crippen LogP contribution in [0.5, 0.6) is 0 Å². The molecule has 4 heterocycles. The number of rotatable bonds is 4. The summed E-state index contributed by atoms with van der Waals surface area (Å²) in [7, 11) is 0. The number of ether oxygens (including phenoxy) is 4. The van der Waals surface area contributed by atoms with Gasteiger partial charge in [-0.3, -0.25) is 0 Å². The molecular weight excluding hydrogens is 352 g/mol. The van der Waals surface area contributed by atoms with E-state index in [-0.39, 0.29) is 18.9 Å². The van der Waals surface area contributed by atoms with Crippen molar-refractivity contribution in [2.24, 2.45) is 11.3 Å². The van der Waals surface area contributed by atoms with Crippen molar-refractivity contribution >= 4 is 0 Å². The highest BCUT2D eigenvalue weighted by Gasteiger charge is 2.94. The molecule has 7 aliphatic rings. The number of hydrogen-bond donors (Lipinski definition) is 6. The van der Waals surface area contributed by atoms with Crippen molar-refractivity contribution in [1.82, 2.24) is 0 Å². The Morgan fingerprint density at radius 1 is 1.08 bits per heavy atom. The first kappa shape index (κ1) is 17.7. The van der Waals surface area contributed by atoms with Crippen LogP contribution in [0.2, 0.25) is 0 Å². The molecule has 3 saturated carbocycles. The quantitative estimate of drug-likeness (QED) is 0.295. The maximum Gasteiger partial charge on any atom is 0.187 e. The second-order valence-corrected chi connectivity index (χ2v) is 8.42. The third kappa shape index (κ3) is 1.61. The lowest BCUT2D eigenvalue weighted by molar-refractivity contribution is -0.424. The maximum atomic E-state index is 10.8. The van der Waals surface area contributed by atoms with Crippen LogP contribution in [0, 0.1) is 11.3 Å².